The van der Waals surface area contributed by atoms with E-state index in [1.165, 1.54) is 19.1 Å². The standard InChI is InChI=1S/C12H17NO4S/c1-3-17-11-4-6-12(7-5-11)18(15,16)13-9-8-10(2)14/h4-7,13H,3,8-9H2,1-2H3. The average Bonchev–Trinajstić information content (AvgIpc) is 2.29. The normalized spacial score (nSPS) is 11.2. The van der Waals surface area contributed by atoms with Crippen LogP contribution >= 0.6 is 0 Å². The van der Waals surface area contributed by atoms with Crippen molar-refractivity contribution in [3.05, 3.63) is 24.3 Å². The lowest BCUT2D eigenvalue weighted by Crippen LogP contribution is -2.25. The Balaban J connectivity index is 2.69. The number of ether oxygens (including phenoxy) is 1. The van der Waals surface area contributed by atoms with Crippen molar-refractivity contribution in [2.75, 3.05) is 13.2 Å². The Hall–Kier alpha value is -1.40. The van der Waals surface area contributed by atoms with E-state index >= 15 is 0 Å². The lowest BCUT2D eigenvalue weighted by atomic mass is 10.3. The third-order valence-electron chi connectivity index (χ3n) is 2.21. The Labute approximate surface area is 107 Å². The Morgan fingerprint density at radius 3 is 2.39 bits per heavy atom. The summed E-state index contributed by atoms with van der Waals surface area (Å²) in [7, 11) is -3.55. The highest BCUT2D eigenvalue weighted by atomic mass is 32.2. The molecule has 1 rings (SSSR count). The van der Waals surface area contributed by atoms with Gasteiger partial charge in [0, 0.05) is 13.0 Å². The van der Waals surface area contributed by atoms with E-state index < -0.39 is 10.0 Å². The molecular weight excluding hydrogens is 254 g/mol. The van der Waals surface area contributed by atoms with Gasteiger partial charge in [0.15, 0.2) is 0 Å². The molecule has 0 aliphatic heterocycles. The molecular formula is C12H17NO4S. The Morgan fingerprint density at radius 2 is 1.89 bits per heavy atom. The van der Waals surface area contributed by atoms with Crippen LogP contribution in [0.4, 0.5) is 0 Å². The smallest absolute Gasteiger partial charge is 0.240 e. The summed E-state index contributed by atoms with van der Waals surface area (Å²) in [5, 5.41) is 0. The van der Waals surface area contributed by atoms with Crippen molar-refractivity contribution >= 4 is 15.8 Å². The first-order valence-corrected chi connectivity index (χ1v) is 7.16. The van der Waals surface area contributed by atoms with Gasteiger partial charge in [0.05, 0.1) is 11.5 Å². The maximum absolute atomic E-state index is 11.8. The van der Waals surface area contributed by atoms with Crippen LogP contribution in [0.3, 0.4) is 0 Å². The van der Waals surface area contributed by atoms with Crippen LogP contribution in [0.25, 0.3) is 0 Å². The summed E-state index contributed by atoms with van der Waals surface area (Å²) >= 11 is 0. The van der Waals surface area contributed by atoms with Gasteiger partial charge in [0.2, 0.25) is 10.0 Å². The number of benzene rings is 1. The lowest BCUT2D eigenvalue weighted by molar-refractivity contribution is -0.116. The highest BCUT2D eigenvalue weighted by Gasteiger charge is 2.13. The molecule has 5 nitrogen and oxygen atoms in total. The van der Waals surface area contributed by atoms with Crippen molar-refractivity contribution in [1.82, 2.24) is 4.72 Å². The minimum absolute atomic E-state index is 0.0515. The van der Waals surface area contributed by atoms with E-state index in [0.717, 1.165) is 0 Å². The SMILES string of the molecule is CCOc1ccc(S(=O)(=O)NCCC(C)=O)cc1. The number of hydrogen-bond donors (Lipinski definition) is 1. The van der Waals surface area contributed by atoms with Crippen LogP contribution < -0.4 is 9.46 Å². The van der Waals surface area contributed by atoms with Crippen LogP contribution in [0.15, 0.2) is 29.2 Å². The number of carbonyl (C=O) groups is 1. The predicted molar refractivity (Wildman–Crippen MR) is 68.1 cm³/mol. The lowest BCUT2D eigenvalue weighted by Gasteiger charge is -2.07. The summed E-state index contributed by atoms with van der Waals surface area (Å²) in [6, 6.07) is 6.15. The zero-order chi connectivity index (χ0) is 13.6. The van der Waals surface area contributed by atoms with E-state index in [2.05, 4.69) is 4.72 Å². The number of hydrogen-bond acceptors (Lipinski definition) is 4. The summed E-state index contributed by atoms with van der Waals surface area (Å²) in [6.07, 6.45) is 0.191. The average molecular weight is 271 g/mol. The van der Waals surface area contributed by atoms with Crippen molar-refractivity contribution in [3.8, 4) is 5.75 Å². The molecule has 0 unspecified atom stereocenters. The summed E-state index contributed by atoms with van der Waals surface area (Å²) in [5.74, 6) is 0.574. The van der Waals surface area contributed by atoms with Gasteiger partial charge in [-0.05, 0) is 38.1 Å². The molecule has 6 heteroatoms. The van der Waals surface area contributed by atoms with Crippen LogP contribution in [-0.4, -0.2) is 27.4 Å². The van der Waals surface area contributed by atoms with Crippen LogP contribution in [-0.2, 0) is 14.8 Å². The summed E-state index contributed by atoms with van der Waals surface area (Å²) < 4.78 is 31.2. The number of sulfonamides is 1. The number of nitrogens with one attached hydrogen (secondary N) is 1. The largest absolute Gasteiger partial charge is 0.494 e. The number of Topliss-reactive ketones (excluding diaryl/α,β-unsaturated/α-hetero) is 1. The first-order valence-electron chi connectivity index (χ1n) is 5.67. The van der Waals surface area contributed by atoms with Crippen molar-refractivity contribution < 1.29 is 17.9 Å². The van der Waals surface area contributed by atoms with Crippen LogP contribution in [0.5, 0.6) is 5.75 Å². The predicted octanol–water partition coefficient (Wildman–Crippen LogP) is 1.34. The van der Waals surface area contributed by atoms with E-state index in [1.807, 2.05) is 6.92 Å². The fourth-order valence-electron chi connectivity index (χ4n) is 1.33. The molecule has 0 heterocycles. The Kier molecular flexibility index (Phi) is 5.30. The molecule has 0 bridgehead atoms. The van der Waals surface area contributed by atoms with E-state index in [9.17, 15) is 13.2 Å². The minimum atomic E-state index is -3.55. The molecule has 100 valence electrons. The van der Waals surface area contributed by atoms with Gasteiger partial charge in [-0.1, -0.05) is 0 Å². The molecule has 0 fully saturated rings. The quantitative estimate of drug-likeness (QED) is 0.812. The van der Waals surface area contributed by atoms with Crippen molar-refractivity contribution in [1.29, 1.82) is 0 Å². The fraction of sp³-hybridized carbons (Fsp3) is 0.417. The molecule has 0 saturated carbocycles. The fourth-order valence-corrected chi connectivity index (χ4v) is 2.36. The van der Waals surface area contributed by atoms with E-state index in [0.29, 0.717) is 12.4 Å². The van der Waals surface area contributed by atoms with Gasteiger partial charge in [-0.3, -0.25) is 4.79 Å². The highest BCUT2D eigenvalue weighted by molar-refractivity contribution is 7.89. The first kappa shape index (κ1) is 14.7. The maximum atomic E-state index is 11.8. The zero-order valence-electron chi connectivity index (χ0n) is 10.5. The molecule has 1 aromatic rings. The van der Waals surface area contributed by atoms with Gasteiger partial charge < -0.3 is 4.74 Å². The Morgan fingerprint density at radius 1 is 1.28 bits per heavy atom. The van der Waals surface area contributed by atoms with E-state index in [4.69, 9.17) is 4.74 Å². The number of ketones is 1. The van der Waals surface area contributed by atoms with Gasteiger partial charge in [0.25, 0.3) is 0 Å². The van der Waals surface area contributed by atoms with Gasteiger partial charge >= 0.3 is 0 Å². The summed E-state index contributed by atoms with van der Waals surface area (Å²) in [6.45, 7) is 3.92. The second-order valence-electron chi connectivity index (χ2n) is 3.75. The highest BCUT2D eigenvalue weighted by Crippen LogP contribution is 2.15. The van der Waals surface area contributed by atoms with Crippen LogP contribution in [0.1, 0.15) is 20.3 Å². The minimum Gasteiger partial charge on any atom is -0.494 e. The van der Waals surface area contributed by atoms with Crippen LogP contribution in [0, 0.1) is 0 Å². The molecule has 0 aliphatic carbocycles. The van der Waals surface area contributed by atoms with E-state index in [1.54, 1.807) is 12.1 Å². The number of carbonyl (C=O) groups excluding carboxylic acids is 1. The zero-order valence-corrected chi connectivity index (χ0v) is 11.3. The monoisotopic (exact) mass is 271 g/mol. The van der Waals surface area contributed by atoms with Crippen molar-refractivity contribution in [3.63, 3.8) is 0 Å². The van der Waals surface area contributed by atoms with Gasteiger partial charge in [-0.15, -0.1) is 0 Å². The summed E-state index contributed by atoms with van der Waals surface area (Å²) in [4.78, 5) is 10.9. The molecule has 0 aliphatic rings. The molecule has 1 N–H and O–H groups in total. The third-order valence-corrected chi connectivity index (χ3v) is 3.69. The molecule has 1 aromatic carbocycles. The molecule has 0 atom stereocenters. The number of rotatable bonds is 7. The van der Waals surface area contributed by atoms with Gasteiger partial charge in [-0.2, -0.15) is 0 Å². The van der Waals surface area contributed by atoms with Gasteiger partial charge in [-0.25, -0.2) is 13.1 Å². The second-order valence-corrected chi connectivity index (χ2v) is 5.52. The summed E-state index contributed by atoms with van der Waals surface area (Å²) in [5.41, 5.74) is 0. The van der Waals surface area contributed by atoms with Crippen molar-refractivity contribution in [2.45, 2.75) is 25.2 Å². The van der Waals surface area contributed by atoms with E-state index in [-0.39, 0.29) is 23.6 Å². The topological polar surface area (TPSA) is 72.5 Å². The second kappa shape index (κ2) is 6.51. The maximum Gasteiger partial charge on any atom is 0.240 e. The molecule has 0 radical (unpaired) electrons. The molecule has 0 spiro atoms. The Bertz CT molecular complexity index is 493. The van der Waals surface area contributed by atoms with Crippen LogP contribution in [0.2, 0.25) is 0 Å². The van der Waals surface area contributed by atoms with Crippen molar-refractivity contribution in [2.24, 2.45) is 0 Å². The molecule has 0 saturated heterocycles. The van der Waals surface area contributed by atoms with Gasteiger partial charge in [0.1, 0.15) is 11.5 Å². The molecule has 0 aromatic heterocycles. The molecule has 18 heavy (non-hydrogen) atoms. The first-order chi connectivity index (χ1) is 8.45. The third kappa shape index (κ3) is 4.46. The molecule has 0 amide bonds.